The van der Waals surface area contributed by atoms with E-state index in [2.05, 4.69) is 16.7 Å². The third kappa shape index (κ3) is 6.61. The molecule has 1 aromatic carbocycles. The molecule has 0 bridgehead atoms. The molecule has 5 nitrogen and oxygen atoms in total. The van der Waals surface area contributed by atoms with E-state index in [1.807, 2.05) is 25.1 Å². The molecule has 1 aromatic heterocycles. The van der Waals surface area contributed by atoms with Crippen molar-refractivity contribution in [1.82, 2.24) is 10.6 Å². The Morgan fingerprint density at radius 3 is 2.74 bits per heavy atom. The number of carbonyl (C=O) groups excluding carboxylic acids is 2. The predicted molar refractivity (Wildman–Crippen MR) is 90.9 cm³/mol. The maximum absolute atomic E-state index is 11.7. The fourth-order valence-electron chi connectivity index (χ4n) is 1.95. The van der Waals surface area contributed by atoms with Crippen molar-refractivity contribution < 1.29 is 14.0 Å². The van der Waals surface area contributed by atoms with E-state index < -0.39 is 0 Å². The summed E-state index contributed by atoms with van der Waals surface area (Å²) in [5.74, 6) is 1.41. The summed E-state index contributed by atoms with van der Waals surface area (Å²) in [6.07, 6.45) is 1.55. The van der Waals surface area contributed by atoms with E-state index in [-0.39, 0.29) is 18.4 Å². The third-order valence-electron chi connectivity index (χ3n) is 3.07. The van der Waals surface area contributed by atoms with Gasteiger partial charge in [0.15, 0.2) is 0 Å². The van der Waals surface area contributed by atoms with Crippen LogP contribution >= 0.6 is 11.8 Å². The molecule has 23 heavy (non-hydrogen) atoms. The summed E-state index contributed by atoms with van der Waals surface area (Å²) in [5.41, 5.74) is 2.40. The zero-order valence-electron chi connectivity index (χ0n) is 13.0. The SMILES string of the molecule is Cc1cccc(CSCC(=O)NCC(=O)NCc2ccco2)c1. The standard InChI is InChI=1S/C17H20N2O3S/c1-13-4-2-5-14(8-13)11-23-12-17(21)19-10-16(20)18-9-15-6-3-7-22-15/h2-8H,9-12H2,1H3,(H,18,20)(H,19,21). The van der Waals surface area contributed by atoms with Gasteiger partial charge in [0, 0.05) is 5.75 Å². The van der Waals surface area contributed by atoms with E-state index in [0.717, 1.165) is 5.75 Å². The summed E-state index contributed by atoms with van der Waals surface area (Å²) in [6.45, 7) is 2.34. The van der Waals surface area contributed by atoms with E-state index in [1.54, 1.807) is 18.4 Å². The summed E-state index contributed by atoms with van der Waals surface area (Å²) < 4.78 is 5.11. The first-order chi connectivity index (χ1) is 11.1. The smallest absolute Gasteiger partial charge is 0.239 e. The Morgan fingerprint density at radius 2 is 2.00 bits per heavy atom. The highest BCUT2D eigenvalue weighted by molar-refractivity contribution is 7.99. The lowest BCUT2D eigenvalue weighted by Gasteiger charge is -2.06. The molecule has 0 saturated carbocycles. The number of carbonyl (C=O) groups is 2. The van der Waals surface area contributed by atoms with Crippen molar-refractivity contribution in [1.29, 1.82) is 0 Å². The second-order valence-corrected chi connectivity index (χ2v) is 6.10. The van der Waals surface area contributed by atoms with Crippen LogP contribution in [0.2, 0.25) is 0 Å². The van der Waals surface area contributed by atoms with Crippen molar-refractivity contribution >= 4 is 23.6 Å². The summed E-state index contributed by atoms with van der Waals surface area (Å²) >= 11 is 1.53. The first-order valence-corrected chi connectivity index (χ1v) is 8.48. The lowest BCUT2D eigenvalue weighted by molar-refractivity contribution is -0.124. The summed E-state index contributed by atoms with van der Waals surface area (Å²) in [4.78, 5) is 23.3. The minimum Gasteiger partial charge on any atom is -0.467 e. The largest absolute Gasteiger partial charge is 0.467 e. The molecule has 0 aliphatic heterocycles. The van der Waals surface area contributed by atoms with Crippen LogP contribution in [0, 0.1) is 6.92 Å². The van der Waals surface area contributed by atoms with E-state index in [1.165, 1.54) is 22.9 Å². The number of rotatable bonds is 8. The molecule has 2 N–H and O–H groups in total. The van der Waals surface area contributed by atoms with Gasteiger partial charge in [0.2, 0.25) is 11.8 Å². The molecule has 2 aromatic rings. The molecule has 2 rings (SSSR count). The fraction of sp³-hybridized carbons (Fsp3) is 0.294. The van der Waals surface area contributed by atoms with E-state index in [0.29, 0.717) is 18.1 Å². The van der Waals surface area contributed by atoms with Crippen LogP contribution in [-0.4, -0.2) is 24.1 Å². The Hall–Kier alpha value is -2.21. The van der Waals surface area contributed by atoms with Crippen molar-refractivity contribution in [2.75, 3.05) is 12.3 Å². The first-order valence-electron chi connectivity index (χ1n) is 7.32. The second-order valence-electron chi connectivity index (χ2n) is 5.11. The average Bonchev–Trinajstić information content (AvgIpc) is 3.04. The minimum absolute atomic E-state index is 0.0233. The van der Waals surface area contributed by atoms with Gasteiger partial charge in [-0.25, -0.2) is 0 Å². The van der Waals surface area contributed by atoms with Gasteiger partial charge in [-0.15, -0.1) is 11.8 Å². The normalized spacial score (nSPS) is 10.3. The van der Waals surface area contributed by atoms with Crippen molar-refractivity contribution in [2.24, 2.45) is 0 Å². The van der Waals surface area contributed by atoms with Gasteiger partial charge in [-0.05, 0) is 24.6 Å². The van der Waals surface area contributed by atoms with E-state index in [4.69, 9.17) is 4.42 Å². The first kappa shape index (κ1) is 17.1. The van der Waals surface area contributed by atoms with Crippen molar-refractivity contribution in [3.05, 3.63) is 59.5 Å². The highest BCUT2D eigenvalue weighted by atomic mass is 32.2. The van der Waals surface area contributed by atoms with Gasteiger partial charge in [0.1, 0.15) is 5.76 Å². The molecule has 0 unspecified atom stereocenters. The molecule has 0 radical (unpaired) electrons. The number of hydrogen-bond donors (Lipinski definition) is 2. The number of amides is 2. The van der Waals surface area contributed by atoms with Crippen LogP contribution in [0.25, 0.3) is 0 Å². The van der Waals surface area contributed by atoms with Gasteiger partial charge in [0.05, 0.1) is 25.1 Å². The minimum atomic E-state index is -0.238. The summed E-state index contributed by atoms with van der Waals surface area (Å²) in [6, 6.07) is 11.7. The number of furan rings is 1. The molecule has 0 spiro atoms. The average molecular weight is 332 g/mol. The van der Waals surface area contributed by atoms with Crippen LogP contribution < -0.4 is 10.6 Å². The topological polar surface area (TPSA) is 71.3 Å². The number of aryl methyl sites for hydroxylation is 1. The zero-order valence-corrected chi connectivity index (χ0v) is 13.8. The molecule has 6 heteroatoms. The van der Waals surface area contributed by atoms with Gasteiger partial charge in [-0.3, -0.25) is 9.59 Å². The quantitative estimate of drug-likeness (QED) is 0.778. The van der Waals surface area contributed by atoms with Crippen LogP contribution in [-0.2, 0) is 21.9 Å². The van der Waals surface area contributed by atoms with Gasteiger partial charge in [-0.2, -0.15) is 0 Å². The highest BCUT2D eigenvalue weighted by Crippen LogP contribution is 2.13. The Bertz CT molecular complexity index is 641. The number of hydrogen-bond acceptors (Lipinski definition) is 4. The van der Waals surface area contributed by atoms with Crippen LogP contribution in [0.5, 0.6) is 0 Å². The zero-order chi connectivity index (χ0) is 16.5. The van der Waals surface area contributed by atoms with Gasteiger partial charge < -0.3 is 15.1 Å². The van der Waals surface area contributed by atoms with Crippen molar-refractivity contribution in [2.45, 2.75) is 19.2 Å². The Kier molecular flexibility index (Phi) is 6.75. The van der Waals surface area contributed by atoms with Gasteiger partial charge in [-0.1, -0.05) is 29.8 Å². The van der Waals surface area contributed by atoms with Gasteiger partial charge in [0.25, 0.3) is 0 Å². The van der Waals surface area contributed by atoms with Crippen LogP contribution in [0.15, 0.2) is 47.1 Å². The van der Waals surface area contributed by atoms with Gasteiger partial charge >= 0.3 is 0 Å². The monoisotopic (exact) mass is 332 g/mol. The Morgan fingerprint density at radius 1 is 1.13 bits per heavy atom. The molecule has 122 valence electrons. The van der Waals surface area contributed by atoms with Crippen molar-refractivity contribution in [3.63, 3.8) is 0 Å². The molecule has 1 heterocycles. The molecule has 0 aliphatic carbocycles. The van der Waals surface area contributed by atoms with Crippen molar-refractivity contribution in [3.8, 4) is 0 Å². The maximum Gasteiger partial charge on any atom is 0.239 e. The predicted octanol–water partition coefficient (Wildman–Crippen LogP) is 2.25. The molecule has 0 fully saturated rings. The number of nitrogens with one attached hydrogen (secondary N) is 2. The molecule has 0 atom stereocenters. The third-order valence-corrected chi connectivity index (χ3v) is 4.07. The number of thioether (sulfide) groups is 1. The molecular formula is C17H20N2O3S. The maximum atomic E-state index is 11.7. The Labute approximate surface area is 139 Å². The lowest BCUT2D eigenvalue weighted by atomic mass is 10.2. The Balaban J connectivity index is 1.58. The molecular weight excluding hydrogens is 312 g/mol. The second kappa shape index (κ2) is 9.05. The van der Waals surface area contributed by atoms with Crippen LogP contribution in [0.1, 0.15) is 16.9 Å². The van der Waals surface area contributed by atoms with E-state index >= 15 is 0 Å². The fourth-order valence-corrected chi connectivity index (χ4v) is 2.76. The summed E-state index contributed by atoms with van der Waals surface area (Å²) in [7, 11) is 0. The summed E-state index contributed by atoms with van der Waals surface area (Å²) in [5, 5.41) is 5.28. The highest BCUT2D eigenvalue weighted by Gasteiger charge is 2.06. The van der Waals surface area contributed by atoms with Crippen LogP contribution in [0.3, 0.4) is 0 Å². The number of benzene rings is 1. The van der Waals surface area contributed by atoms with Crippen LogP contribution in [0.4, 0.5) is 0 Å². The molecule has 0 aliphatic rings. The molecule has 0 saturated heterocycles. The lowest BCUT2D eigenvalue weighted by Crippen LogP contribution is -2.37. The van der Waals surface area contributed by atoms with E-state index in [9.17, 15) is 9.59 Å². The molecule has 2 amide bonds.